The van der Waals surface area contributed by atoms with Crippen molar-refractivity contribution in [3.63, 3.8) is 0 Å². The first kappa shape index (κ1) is 27.9. The molecule has 0 radical (unpaired) electrons. The molecule has 0 aliphatic rings. The fraction of sp³-hybridized carbons (Fsp3) is 0.207. The molecule has 0 fully saturated rings. The van der Waals surface area contributed by atoms with Crippen LogP contribution in [-0.2, 0) is 23.9 Å². The highest BCUT2D eigenvalue weighted by molar-refractivity contribution is 6.30. The quantitative estimate of drug-likeness (QED) is 0.300. The summed E-state index contributed by atoms with van der Waals surface area (Å²) in [5.41, 5.74) is -0.330. The van der Waals surface area contributed by atoms with Crippen LogP contribution in [0.4, 0.5) is 13.2 Å². The van der Waals surface area contributed by atoms with E-state index in [1.807, 2.05) is 42.5 Å². The molecule has 10 heteroatoms. The minimum atomic E-state index is -4.66. The zero-order valence-electron chi connectivity index (χ0n) is 20.9. The number of benzene rings is 3. The number of rotatable bonds is 8. The largest absolute Gasteiger partial charge is 0.416 e. The lowest BCUT2D eigenvalue weighted by molar-refractivity contribution is -0.137. The molecule has 202 valence electrons. The van der Waals surface area contributed by atoms with Crippen LogP contribution in [0.2, 0.25) is 5.02 Å². The van der Waals surface area contributed by atoms with Crippen LogP contribution in [-0.4, -0.2) is 22.9 Å². The minimum absolute atomic E-state index is 0.100. The lowest BCUT2D eigenvalue weighted by atomic mass is 10.1. The normalized spacial score (nSPS) is 12.2. The van der Waals surface area contributed by atoms with Crippen LogP contribution in [0.1, 0.15) is 40.0 Å². The van der Waals surface area contributed by atoms with E-state index in [-0.39, 0.29) is 23.0 Å². The van der Waals surface area contributed by atoms with Crippen LogP contribution in [0, 0.1) is 0 Å². The van der Waals surface area contributed by atoms with Crippen molar-refractivity contribution in [2.45, 2.75) is 32.1 Å². The van der Waals surface area contributed by atoms with Gasteiger partial charge in [-0.3, -0.25) is 14.4 Å². The van der Waals surface area contributed by atoms with Gasteiger partial charge in [0.25, 0.3) is 5.91 Å². The Morgan fingerprint density at radius 2 is 1.69 bits per heavy atom. The topological polar surface area (TPSA) is 80.2 Å². The van der Waals surface area contributed by atoms with Crippen molar-refractivity contribution >= 4 is 34.3 Å². The van der Waals surface area contributed by atoms with Gasteiger partial charge in [-0.05, 0) is 54.8 Å². The Labute approximate surface area is 227 Å². The molecule has 2 amide bonds. The van der Waals surface area contributed by atoms with Crippen LogP contribution < -0.4 is 16.1 Å². The number of amides is 2. The van der Waals surface area contributed by atoms with Gasteiger partial charge in [0.15, 0.2) is 0 Å². The van der Waals surface area contributed by atoms with Crippen molar-refractivity contribution in [3.8, 4) is 0 Å². The Hall–Kier alpha value is -4.11. The predicted octanol–water partition coefficient (Wildman–Crippen LogP) is 5.52. The summed E-state index contributed by atoms with van der Waals surface area (Å²) in [6.07, 6.45) is -3.01. The average Bonchev–Trinajstić information content (AvgIpc) is 2.91. The van der Waals surface area contributed by atoms with Gasteiger partial charge in [-0.2, -0.15) is 13.2 Å². The third-order valence-electron chi connectivity index (χ3n) is 6.26. The molecule has 39 heavy (non-hydrogen) atoms. The van der Waals surface area contributed by atoms with Crippen LogP contribution in [0.15, 0.2) is 83.8 Å². The van der Waals surface area contributed by atoms with Crippen molar-refractivity contribution in [1.82, 2.24) is 15.2 Å². The molecule has 0 aliphatic carbocycles. The number of nitrogens with zero attached hydrogens (tertiary/aromatic N) is 1. The van der Waals surface area contributed by atoms with Crippen molar-refractivity contribution in [2.75, 3.05) is 6.54 Å². The average molecular weight is 556 g/mol. The first-order valence-electron chi connectivity index (χ1n) is 12.1. The molecule has 6 nitrogen and oxygen atoms in total. The van der Waals surface area contributed by atoms with Gasteiger partial charge in [0.05, 0.1) is 17.1 Å². The minimum Gasteiger partial charge on any atom is -0.354 e. The second-order valence-corrected chi connectivity index (χ2v) is 9.50. The first-order chi connectivity index (χ1) is 18.5. The van der Waals surface area contributed by atoms with Gasteiger partial charge in [-0.25, -0.2) is 0 Å². The highest BCUT2D eigenvalue weighted by atomic mass is 35.5. The number of nitrogens with one attached hydrogen (secondary N) is 2. The Balaban J connectivity index is 1.62. The predicted molar refractivity (Wildman–Crippen MR) is 144 cm³/mol. The Kier molecular flexibility index (Phi) is 8.40. The van der Waals surface area contributed by atoms with Gasteiger partial charge in [0.2, 0.25) is 11.3 Å². The van der Waals surface area contributed by atoms with Gasteiger partial charge < -0.3 is 15.2 Å². The number of hydrogen-bond donors (Lipinski definition) is 2. The number of pyridine rings is 1. The summed E-state index contributed by atoms with van der Waals surface area (Å²) in [5.74, 6) is -1.19. The number of carbonyl (C=O) groups is 2. The van der Waals surface area contributed by atoms with E-state index >= 15 is 0 Å². The third-order valence-corrected chi connectivity index (χ3v) is 6.52. The standard InChI is InChI=1S/C29H25ClF3N3O3/c1-18(20-5-3-2-4-6-20)35-28(39)24-16-36(17-26(37)34-14-13-19-7-10-22(30)11-8-19)25-15-21(29(31,32)33)9-12-23(25)27(24)38/h2-12,15-16,18H,13-14,17H2,1H3,(H,34,37)(H,35,39)/t18-/m0/s1. The monoisotopic (exact) mass is 555 g/mol. The van der Waals surface area contributed by atoms with Crippen molar-refractivity contribution in [3.05, 3.63) is 116 Å². The molecule has 0 saturated heterocycles. The Morgan fingerprint density at radius 1 is 1.00 bits per heavy atom. The SMILES string of the molecule is C[C@H](NC(=O)c1cn(CC(=O)NCCc2ccc(Cl)cc2)c2cc(C(F)(F)F)ccc2c1=O)c1ccccc1. The maximum absolute atomic E-state index is 13.4. The summed E-state index contributed by atoms with van der Waals surface area (Å²) < 4.78 is 41.5. The number of alkyl halides is 3. The summed E-state index contributed by atoms with van der Waals surface area (Å²) in [6, 6.07) is 18.4. The molecule has 3 aromatic carbocycles. The fourth-order valence-electron chi connectivity index (χ4n) is 4.17. The van der Waals surface area contributed by atoms with Gasteiger partial charge >= 0.3 is 6.18 Å². The maximum Gasteiger partial charge on any atom is 0.416 e. The molecular formula is C29H25ClF3N3O3. The van der Waals surface area contributed by atoms with E-state index in [2.05, 4.69) is 10.6 Å². The molecule has 0 bridgehead atoms. The lowest BCUT2D eigenvalue weighted by Crippen LogP contribution is -2.33. The van der Waals surface area contributed by atoms with Crippen molar-refractivity contribution in [1.29, 1.82) is 0 Å². The number of carbonyl (C=O) groups excluding carboxylic acids is 2. The summed E-state index contributed by atoms with van der Waals surface area (Å²) >= 11 is 5.88. The second-order valence-electron chi connectivity index (χ2n) is 9.06. The molecule has 0 aliphatic heterocycles. The van der Waals surface area contributed by atoms with E-state index in [1.165, 1.54) is 4.57 Å². The zero-order chi connectivity index (χ0) is 28.2. The van der Waals surface area contributed by atoms with Crippen LogP contribution in [0.3, 0.4) is 0 Å². The molecule has 1 atom stereocenters. The molecular weight excluding hydrogens is 531 g/mol. The van der Waals surface area contributed by atoms with E-state index in [4.69, 9.17) is 11.6 Å². The Bertz CT molecular complexity index is 1550. The van der Waals surface area contributed by atoms with E-state index in [9.17, 15) is 27.6 Å². The molecule has 4 aromatic rings. The number of hydrogen-bond acceptors (Lipinski definition) is 3. The molecule has 2 N–H and O–H groups in total. The van der Waals surface area contributed by atoms with Crippen LogP contribution >= 0.6 is 11.6 Å². The van der Waals surface area contributed by atoms with Crippen LogP contribution in [0.5, 0.6) is 0 Å². The highest BCUT2D eigenvalue weighted by Crippen LogP contribution is 2.31. The second kappa shape index (κ2) is 11.7. The van der Waals surface area contributed by atoms with E-state index in [0.717, 1.165) is 35.5 Å². The fourth-order valence-corrected chi connectivity index (χ4v) is 4.29. The van der Waals surface area contributed by atoms with Crippen molar-refractivity contribution < 1.29 is 22.8 Å². The highest BCUT2D eigenvalue weighted by Gasteiger charge is 2.31. The number of aromatic nitrogens is 1. The Morgan fingerprint density at radius 3 is 2.36 bits per heavy atom. The smallest absolute Gasteiger partial charge is 0.354 e. The van der Waals surface area contributed by atoms with Crippen molar-refractivity contribution in [2.24, 2.45) is 0 Å². The lowest BCUT2D eigenvalue weighted by Gasteiger charge is -2.17. The zero-order valence-corrected chi connectivity index (χ0v) is 21.6. The summed E-state index contributed by atoms with van der Waals surface area (Å²) in [7, 11) is 0. The molecule has 0 spiro atoms. The molecule has 0 saturated carbocycles. The number of halogens is 4. The van der Waals surface area contributed by atoms with Gasteiger partial charge in [0.1, 0.15) is 12.1 Å². The van der Waals surface area contributed by atoms with Gasteiger partial charge in [-0.1, -0.05) is 54.1 Å². The molecule has 0 unspecified atom stereocenters. The van der Waals surface area contributed by atoms with E-state index in [1.54, 1.807) is 19.1 Å². The summed E-state index contributed by atoms with van der Waals surface area (Å²) in [5, 5.41) is 5.96. The summed E-state index contributed by atoms with van der Waals surface area (Å²) in [4.78, 5) is 39.0. The molecule has 1 aromatic heterocycles. The van der Waals surface area contributed by atoms with Gasteiger partial charge in [-0.15, -0.1) is 0 Å². The third kappa shape index (κ3) is 6.86. The molecule has 1 heterocycles. The molecule has 4 rings (SSSR count). The van der Waals surface area contributed by atoms with E-state index in [0.29, 0.717) is 11.4 Å². The van der Waals surface area contributed by atoms with Crippen LogP contribution in [0.25, 0.3) is 10.9 Å². The van der Waals surface area contributed by atoms with Gasteiger partial charge in [0, 0.05) is 23.2 Å². The number of fused-ring (bicyclic) bond motifs is 1. The first-order valence-corrected chi connectivity index (χ1v) is 12.5. The van der Waals surface area contributed by atoms with E-state index < -0.39 is 41.6 Å². The summed E-state index contributed by atoms with van der Waals surface area (Å²) in [6.45, 7) is 1.62. The maximum atomic E-state index is 13.4.